The first-order valence-electron chi connectivity index (χ1n) is 10.7. The van der Waals surface area contributed by atoms with E-state index in [2.05, 4.69) is 10.0 Å². The lowest BCUT2D eigenvalue weighted by molar-refractivity contribution is -0.140. The van der Waals surface area contributed by atoms with Crippen molar-refractivity contribution in [3.63, 3.8) is 0 Å². The highest BCUT2D eigenvalue weighted by molar-refractivity contribution is 7.92. The maximum absolute atomic E-state index is 12.5. The Morgan fingerprint density at radius 2 is 1.64 bits per heavy atom. The molecule has 0 spiro atoms. The van der Waals surface area contributed by atoms with Gasteiger partial charge in [-0.05, 0) is 43.5 Å². The van der Waals surface area contributed by atoms with Crippen LogP contribution in [0.3, 0.4) is 0 Å². The Morgan fingerprint density at radius 3 is 2.18 bits per heavy atom. The van der Waals surface area contributed by atoms with Crippen LogP contribution < -0.4 is 10.0 Å². The summed E-state index contributed by atoms with van der Waals surface area (Å²) in [4.78, 5) is 38.3. The number of sulfone groups is 1. The Hall–Kier alpha value is -2.57. The van der Waals surface area contributed by atoms with Gasteiger partial charge in [0.25, 0.3) is 0 Å². The molecule has 2 aliphatic heterocycles. The van der Waals surface area contributed by atoms with Gasteiger partial charge in [0.15, 0.2) is 9.84 Å². The van der Waals surface area contributed by atoms with Crippen LogP contribution in [0.5, 0.6) is 0 Å². The molecule has 3 atom stereocenters. The van der Waals surface area contributed by atoms with Crippen LogP contribution >= 0.6 is 0 Å². The number of sulfonamides is 1. The summed E-state index contributed by atoms with van der Waals surface area (Å²) in [5, 5.41) is 2.63. The van der Waals surface area contributed by atoms with Crippen LogP contribution in [0, 0.1) is 11.8 Å². The zero-order chi connectivity index (χ0) is 23.8. The van der Waals surface area contributed by atoms with Crippen molar-refractivity contribution in [2.45, 2.75) is 36.6 Å². The minimum Gasteiger partial charge on any atom is -0.326 e. The lowest BCUT2D eigenvalue weighted by atomic mass is 9.85. The molecule has 0 bridgehead atoms. The maximum atomic E-state index is 12.5. The molecule has 3 amide bonds. The van der Waals surface area contributed by atoms with E-state index in [1.807, 2.05) is 12.2 Å². The van der Waals surface area contributed by atoms with Crippen LogP contribution in [0.15, 0.2) is 41.3 Å². The lowest BCUT2D eigenvalue weighted by Crippen LogP contribution is -2.35. The highest BCUT2D eigenvalue weighted by Gasteiger charge is 2.46. The van der Waals surface area contributed by atoms with Gasteiger partial charge >= 0.3 is 0 Å². The number of hydrogen-bond donors (Lipinski definition) is 2. The van der Waals surface area contributed by atoms with Gasteiger partial charge in [-0.15, -0.1) is 0 Å². The number of amides is 3. The van der Waals surface area contributed by atoms with Crippen molar-refractivity contribution < 1.29 is 31.2 Å². The number of fused-ring (bicyclic) bond motifs is 1. The van der Waals surface area contributed by atoms with E-state index in [-0.39, 0.29) is 59.4 Å². The van der Waals surface area contributed by atoms with E-state index in [4.69, 9.17) is 0 Å². The average molecular weight is 496 g/mol. The molecule has 1 aromatic rings. The topological polar surface area (TPSA) is 147 Å². The fourth-order valence-electron chi connectivity index (χ4n) is 4.42. The molecule has 2 fully saturated rings. The van der Waals surface area contributed by atoms with Gasteiger partial charge in [-0.3, -0.25) is 19.3 Å². The molecule has 10 nitrogen and oxygen atoms in total. The Bertz CT molecular complexity index is 1180. The highest BCUT2D eigenvalue weighted by atomic mass is 32.2. The first-order valence-corrected chi connectivity index (χ1v) is 14.0. The number of carbonyl (C=O) groups is 3. The summed E-state index contributed by atoms with van der Waals surface area (Å²) in [6.45, 7) is -0.00280. The van der Waals surface area contributed by atoms with Crippen molar-refractivity contribution in [2.75, 3.05) is 23.4 Å². The number of imide groups is 1. The van der Waals surface area contributed by atoms with E-state index >= 15 is 0 Å². The Morgan fingerprint density at radius 1 is 1.03 bits per heavy atom. The molecular weight excluding hydrogens is 470 g/mol. The van der Waals surface area contributed by atoms with E-state index in [9.17, 15) is 31.2 Å². The predicted molar refractivity (Wildman–Crippen MR) is 119 cm³/mol. The smallest absolute Gasteiger partial charge is 0.240 e. The van der Waals surface area contributed by atoms with Crippen molar-refractivity contribution >= 4 is 43.3 Å². The van der Waals surface area contributed by atoms with Gasteiger partial charge in [0.05, 0.1) is 28.2 Å². The van der Waals surface area contributed by atoms with Crippen molar-refractivity contribution in [1.29, 1.82) is 0 Å². The minimum absolute atomic E-state index is 0.00280. The van der Waals surface area contributed by atoms with Crippen LogP contribution in [0.1, 0.15) is 25.7 Å². The molecule has 1 aromatic carbocycles. The molecular formula is C21H25N3O7S2. The average Bonchev–Trinajstić information content (AvgIpc) is 3.22. The molecule has 0 aromatic heterocycles. The summed E-state index contributed by atoms with van der Waals surface area (Å²) >= 11 is 0. The number of likely N-dealkylation sites (tertiary alicyclic amines) is 1. The van der Waals surface area contributed by atoms with E-state index in [0.717, 1.165) is 4.90 Å². The van der Waals surface area contributed by atoms with Crippen LogP contribution in [0.25, 0.3) is 0 Å². The Kier molecular flexibility index (Phi) is 6.43. The quantitative estimate of drug-likeness (QED) is 0.412. The molecule has 0 unspecified atom stereocenters. The number of nitrogens with one attached hydrogen (secondary N) is 2. The molecule has 33 heavy (non-hydrogen) atoms. The first kappa shape index (κ1) is 23.6. The van der Waals surface area contributed by atoms with Crippen LogP contribution in [0.2, 0.25) is 0 Å². The third-order valence-corrected chi connectivity index (χ3v) is 9.47. The second-order valence-corrected chi connectivity index (χ2v) is 12.5. The van der Waals surface area contributed by atoms with Gasteiger partial charge in [0.2, 0.25) is 27.7 Å². The number of benzene rings is 1. The van der Waals surface area contributed by atoms with Gasteiger partial charge in [0.1, 0.15) is 0 Å². The molecule has 2 N–H and O–H groups in total. The van der Waals surface area contributed by atoms with Gasteiger partial charge in [0, 0.05) is 24.7 Å². The van der Waals surface area contributed by atoms with Crippen molar-refractivity contribution in [3.05, 3.63) is 36.4 Å². The molecule has 178 valence electrons. The van der Waals surface area contributed by atoms with Crippen LogP contribution in [0.4, 0.5) is 5.69 Å². The molecule has 3 aliphatic rings. The van der Waals surface area contributed by atoms with Crippen LogP contribution in [-0.2, 0) is 34.2 Å². The highest BCUT2D eigenvalue weighted by Crippen LogP contribution is 2.35. The predicted octanol–water partition coefficient (Wildman–Crippen LogP) is 0.432. The summed E-state index contributed by atoms with van der Waals surface area (Å²) < 4.78 is 50.4. The number of rotatable bonds is 7. The lowest BCUT2D eigenvalue weighted by Gasteiger charge is -2.15. The fourth-order valence-corrected chi connectivity index (χ4v) is 7.47. The number of nitrogens with zero attached hydrogens (tertiary/aromatic N) is 1. The van der Waals surface area contributed by atoms with E-state index in [0.29, 0.717) is 18.5 Å². The van der Waals surface area contributed by atoms with E-state index in [1.165, 1.54) is 24.3 Å². The summed E-state index contributed by atoms with van der Waals surface area (Å²) in [5.74, 6) is -1.82. The molecule has 2 heterocycles. The Balaban J connectivity index is 1.30. The zero-order valence-electron chi connectivity index (χ0n) is 17.8. The van der Waals surface area contributed by atoms with E-state index in [1.54, 1.807) is 0 Å². The van der Waals surface area contributed by atoms with Crippen molar-refractivity contribution in [2.24, 2.45) is 11.8 Å². The van der Waals surface area contributed by atoms with Gasteiger partial charge in [-0.25, -0.2) is 21.6 Å². The zero-order valence-corrected chi connectivity index (χ0v) is 19.4. The summed E-state index contributed by atoms with van der Waals surface area (Å²) in [7, 11) is -7.12. The molecule has 0 saturated carbocycles. The first-order chi connectivity index (χ1) is 15.6. The van der Waals surface area contributed by atoms with Crippen molar-refractivity contribution in [3.8, 4) is 0 Å². The normalized spacial score (nSPS) is 26.4. The molecule has 2 saturated heterocycles. The summed E-state index contributed by atoms with van der Waals surface area (Å²) in [6, 6.07) is 4.81. The second kappa shape index (κ2) is 8.99. The third-order valence-electron chi connectivity index (χ3n) is 6.16. The molecule has 4 rings (SSSR count). The minimum atomic E-state index is -3.90. The third kappa shape index (κ3) is 5.17. The SMILES string of the molecule is O=C(CCN1C(=O)[C@H]2CC=CC[C@H]2C1=O)Nc1ccc(S(=O)(=O)N[C@@H]2CCS(=O)(=O)C2)cc1. The maximum Gasteiger partial charge on any atom is 0.240 e. The fraction of sp³-hybridized carbons (Fsp3) is 0.476. The summed E-state index contributed by atoms with van der Waals surface area (Å²) in [5.41, 5.74) is 0.360. The number of carbonyl (C=O) groups excluding carboxylic acids is 3. The second-order valence-electron chi connectivity index (χ2n) is 8.53. The standard InChI is InChI=1S/C21H25N3O7S2/c25-19(9-11-24-20(26)17-3-1-2-4-18(17)21(24)27)22-14-5-7-16(8-6-14)33(30,31)23-15-10-12-32(28,29)13-15/h1-2,5-8,15,17-18,23H,3-4,9-13H2,(H,22,25)/t15-,17-,18+/m1/s1. The van der Waals surface area contributed by atoms with Crippen LogP contribution in [-0.4, -0.2) is 63.5 Å². The van der Waals surface area contributed by atoms with Gasteiger partial charge in [-0.1, -0.05) is 12.2 Å². The largest absolute Gasteiger partial charge is 0.326 e. The number of anilines is 1. The Labute approximate surface area is 192 Å². The monoisotopic (exact) mass is 495 g/mol. The molecule has 1 aliphatic carbocycles. The number of hydrogen-bond acceptors (Lipinski definition) is 7. The number of allylic oxidation sites excluding steroid dienone is 2. The molecule has 12 heteroatoms. The van der Waals surface area contributed by atoms with Gasteiger partial charge < -0.3 is 5.32 Å². The molecule has 0 radical (unpaired) electrons. The summed E-state index contributed by atoms with van der Waals surface area (Å²) in [6.07, 6.45) is 5.05. The van der Waals surface area contributed by atoms with Crippen molar-refractivity contribution in [1.82, 2.24) is 9.62 Å². The van der Waals surface area contributed by atoms with E-state index < -0.39 is 31.8 Å². The van der Waals surface area contributed by atoms with Gasteiger partial charge in [-0.2, -0.15) is 0 Å².